The van der Waals surface area contributed by atoms with Crippen molar-refractivity contribution in [2.75, 3.05) is 5.32 Å². The molecule has 3 nitrogen and oxygen atoms in total. The lowest BCUT2D eigenvalue weighted by atomic mass is 10.1. The summed E-state index contributed by atoms with van der Waals surface area (Å²) < 4.78 is 5.13. The van der Waals surface area contributed by atoms with Crippen molar-refractivity contribution in [1.82, 2.24) is 9.78 Å². The zero-order valence-corrected chi connectivity index (χ0v) is 17.2. The Kier molecular flexibility index (Phi) is 5.54. The molecule has 0 aliphatic rings. The van der Waals surface area contributed by atoms with Crippen LogP contribution in [0.3, 0.4) is 0 Å². The Labute approximate surface area is 150 Å². The molecule has 1 aromatic heterocycles. The Morgan fingerprint density at radius 3 is 2.24 bits per heavy atom. The van der Waals surface area contributed by atoms with Gasteiger partial charge in [0.05, 0.1) is 17.4 Å². The molecule has 2 rings (SSSR count). The Morgan fingerprint density at radius 1 is 1.19 bits per heavy atom. The van der Waals surface area contributed by atoms with Crippen LogP contribution in [0.15, 0.2) is 25.6 Å². The van der Waals surface area contributed by atoms with Crippen LogP contribution < -0.4 is 5.32 Å². The molecule has 0 radical (unpaired) electrons. The van der Waals surface area contributed by atoms with Gasteiger partial charge in [-0.3, -0.25) is 4.68 Å². The molecule has 0 spiro atoms. The standard InChI is InChI=1S/C15H18Br3N3/c1-5-21-10(4)14(9(3)20-21)8(2)19-15-12(17)6-11(16)7-13(15)18/h6-8,19H,5H2,1-4H3. The third-order valence-electron chi connectivity index (χ3n) is 3.54. The molecule has 0 saturated heterocycles. The lowest BCUT2D eigenvalue weighted by Gasteiger charge is -2.19. The average molecular weight is 480 g/mol. The van der Waals surface area contributed by atoms with Gasteiger partial charge < -0.3 is 5.32 Å². The van der Waals surface area contributed by atoms with Gasteiger partial charge in [0.25, 0.3) is 0 Å². The van der Waals surface area contributed by atoms with Crippen molar-refractivity contribution in [2.24, 2.45) is 0 Å². The lowest BCUT2D eigenvalue weighted by Crippen LogP contribution is -2.10. The second-order valence-electron chi connectivity index (χ2n) is 5.01. The van der Waals surface area contributed by atoms with Gasteiger partial charge in [-0.05, 0) is 71.7 Å². The van der Waals surface area contributed by atoms with E-state index in [0.717, 1.165) is 31.3 Å². The second-order valence-corrected chi connectivity index (χ2v) is 7.64. The summed E-state index contributed by atoms with van der Waals surface area (Å²) in [4.78, 5) is 0. The quantitative estimate of drug-likeness (QED) is 0.584. The zero-order chi connectivity index (χ0) is 15.7. The Bertz CT molecular complexity index is 641. The first-order valence-electron chi connectivity index (χ1n) is 6.80. The number of aromatic nitrogens is 2. The van der Waals surface area contributed by atoms with E-state index in [1.807, 2.05) is 12.1 Å². The fourth-order valence-electron chi connectivity index (χ4n) is 2.61. The van der Waals surface area contributed by atoms with E-state index in [-0.39, 0.29) is 6.04 Å². The third kappa shape index (κ3) is 3.54. The largest absolute Gasteiger partial charge is 0.377 e. The third-order valence-corrected chi connectivity index (χ3v) is 5.25. The first-order valence-corrected chi connectivity index (χ1v) is 9.18. The van der Waals surface area contributed by atoms with Gasteiger partial charge in [0, 0.05) is 31.2 Å². The number of nitrogens with one attached hydrogen (secondary N) is 1. The highest BCUT2D eigenvalue weighted by atomic mass is 79.9. The minimum atomic E-state index is 0.180. The van der Waals surface area contributed by atoms with Gasteiger partial charge in [0.15, 0.2) is 0 Å². The molecule has 0 amide bonds. The van der Waals surface area contributed by atoms with Crippen molar-refractivity contribution in [1.29, 1.82) is 0 Å². The van der Waals surface area contributed by atoms with Crippen molar-refractivity contribution in [3.8, 4) is 0 Å². The summed E-state index contributed by atoms with van der Waals surface area (Å²) in [6.45, 7) is 9.37. The fourth-order valence-corrected chi connectivity index (χ4v) is 5.10. The predicted molar refractivity (Wildman–Crippen MR) is 99.0 cm³/mol. The minimum Gasteiger partial charge on any atom is -0.377 e. The summed E-state index contributed by atoms with van der Waals surface area (Å²) in [5.41, 5.74) is 4.62. The Morgan fingerprint density at radius 2 is 1.76 bits per heavy atom. The average Bonchev–Trinajstić information content (AvgIpc) is 2.68. The van der Waals surface area contributed by atoms with Gasteiger partial charge in [-0.1, -0.05) is 15.9 Å². The maximum absolute atomic E-state index is 4.60. The van der Waals surface area contributed by atoms with Crippen LogP contribution in [0, 0.1) is 13.8 Å². The number of aryl methyl sites for hydroxylation is 2. The van der Waals surface area contributed by atoms with E-state index in [2.05, 4.69) is 90.6 Å². The van der Waals surface area contributed by atoms with E-state index in [1.165, 1.54) is 11.3 Å². The molecule has 21 heavy (non-hydrogen) atoms. The monoisotopic (exact) mass is 477 g/mol. The number of hydrogen-bond acceptors (Lipinski definition) is 2. The van der Waals surface area contributed by atoms with Crippen molar-refractivity contribution in [2.45, 2.75) is 40.3 Å². The predicted octanol–water partition coefficient (Wildman–Crippen LogP) is 5.98. The van der Waals surface area contributed by atoms with E-state index in [1.54, 1.807) is 0 Å². The molecule has 2 aromatic rings. The molecule has 1 aromatic carbocycles. The Hall–Kier alpha value is -0.330. The van der Waals surface area contributed by atoms with Crippen molar-refractivity contribution < 1.29 is 0 Å². The zero-order valence-electron chi connectivity index (χ0n) is 12.5. The number of nitrogens with zero attached hydrogens (tertiary/aromatic N) is 2. The van der Waals surface area contributed by atoms with E-state index in [0.29, 0.717) is 0 Å². The van der Waals surface area contributed by atoms with Crippen molar-refractivity contribution >= 4 is 53.5 Å². The van der Waals surface area contributed by atoms with Crippen LogP contribution >= 0.6 is 47.8 Å². The van der Waals surface area contributed by atoms with E-state index >= 15 is 0 Å². The van der Waals surface area contributed by atoms with Crippen molar-refractivity contribution in [3.63, 3.8) is 0 Å². The van der Waals surface area contributed by atoms with Gasteiger partial charge in [0.2, 0.25) is 0 Å². The molecule has 0 bridgehead atoms. The molecular formula is C15H18Br3N3. The van der Waals surface area contributed by atoms with Crippen LogP contribution in [-0.2, 0) is 6.54 Å². The van der Waals surface area contributed by atoms with E-state index in [4.69, 9.17) is 0 Å². The fraction of sp³-hybridized carbons (Fsp3) is 0.400. The highest BCUT2D eigenvalue weighted by molar-refractivity contribution is 9.11. The van der Waals surface area contributed by atoms with Crippen LogP contribution in [0.25, 0.3) is 0 Å². The summed E-state index contributed by atoms with van der Waals surface area (Å²) in [5, 5.41) is 8.17. The molecule has 0 fully saturated rings. The molecule has 1 atom stereocenters. The van der Waals surface area contributed by atoms with Crippen LogP contribution in [0.5, 0.6) is 0 Å². The first kappa shape index (κ1) is 17.0. The molecule has 1 N–H and O–H groups in total. The van der Waals surface area contributed by atoms with Gasteiger partial charge >= 0.3 is 0 Å². The number of rotatable bonds is 4. The number of hydrogen-bond donors (Lipinski definition) is 1. The maximum Gasteiger partial charge on any atom is 0.0649 e. The second kappa shape index (κ2) is 6.84. The molecule has 0 saturated carbocycles. The summed E-state index contributed by atoms with van der Waals surface area (Å²) >= 11 is 10.7. The first-order chi connectivity index (χ1) is 9.85. The van der Waals surface area contributed by atoms with Crippen LogP contribution in [-0.4, -0.2) is 9.78 Å². The topological polar surface area (TPSA) is 29.9 Å². The van der Waals surface area contributed by atoms with Gasteiger partial charge in [-0.2, -0.15) is 5.10 Å². The Balaban J connectivity index is 2.35. The van der Waals surface area contributed by atoms with Crippen LogP contribution in [0.2, 0.25) is 0 Å². The van der Waals surface area contributed by atoms with Crippen LogP contribution in [0.4, 0.5) is 5.69 Å². The highest BCUT2D eigenvalue weighted by Crippen LogP contribution is 2.37. The smallest absolute Gasteiger partial charge is 0.0649 e. The molecule has 6 heteroatoms. The number of halogens is 3. The van der Waals surface area contributed by atoms with E-state index in [9.17, 15) is 0 Å². The maximum atomic E-state index is 4.60. The summed E-state index contributed by atoms with van der Waals surface area (Å²) in [6, 6.07) is 4.25. The van der Waals surface area contributed by atoms with Crippen LogP contribution in [0.1, 0.15) is 36.8 Å². The van der Waals surface area contributed by atoms with Gasteiger partial charge in [-0.25, -0.2) is 0 Å². The molecular weight excluding hydrogens is 462 g/mol. The minimum absolute atomic E-state index is 0.180. The summed E-state index contributed by atoms with van der Waals surface area (Å²) in [7, 11) is 0. The summed E-state index contributed by atoms with van der Waals surface area (Å²) in [5.74, 6) is 0. The van der Waals surface area contributed by atoms with Crippen molar-refractivity contribution in [3.05, 3.63) is 42.5 Å². The molecule has 1 unspecified atom stereocenters. The summed E-state index contributed by atoms with van der Waals surface area (Å²) in [6.07, 6.45) is 0. The molecule has 0 aliphatic carbocycles. The number of benzene rings is 1. The molecule has 0 aliphatic heterocycles. The van der Waals surface area contributed by atoms with Gasteiger partial charge in [-0.15, -0.1) is 0 Å². The molecule has 114 valence electrons. The number of anilines is 1. The normalized spacial score (nSPS) is 12.5. The van der Waals surface area contributed by atoms with E-state index < -0.39 is 0 Å². The SMILES string of the molecule is CCn1nc(C)c(C(C)Nc2c(Br)cc(Br)cc2Br)c1C. The van der Waals surface area contributed by atoms with Gasteiger partial charge in [0.1, 0.15) is 0 Å². The lowest BCUT2D eigenvalue weighted by molar-refractivity contribution is 0.632. The highest BCUT2D eigenvalue weighted by Gasteiger charge is 2.18. The molecule has 1 heterocycles.